The fourth-order valence-electron chi connectivity index (χ4n) is 3.19. The molecule has 0 aliphatic heterocycles. The molecule has 4 heterocycles. The van der Waals surface area contributed by atoms with Crippen molar-refractivity contribution in [3.63, 3.8) is 0 Å². The molecule has 0 radical (unpaired) electrons. The first-order chi connectivity index (χ1) is 12.5. The van der Waals surface area contributed by atoms with Gasteiger partial charge in [0, 0.05) is 41.0 Å². The van der Waals surface area contributed by atoms with Crippen molar-refractivity contribution in [3.05, 3.63) is 48.8 Å². The number of aliphatic carboxylic acids is 1. The maximum absolute atomic E-state index is 13.6. The Morgan fingerprint density at radius 3 is 2.85 bits per heavy atom. The Morgan fingerprint density at radius 2 is 2.08 bits per heavy atom. The van der Waals surface area contributed by atoms with Crippen molar-refractivity contribution < 1.29 is 14.3 Å². The smallest absolute Gasteiger partial charge is 0.308 e. The fourth-order valence-corrected chi connectivity index (χ4v) is 3.19. The molecule has 0 saturated carbocycles. The Balaban J connectivity index is 1.86. The minimum absolute atomic E-state index is 0.220. The van der Waals surface area contributed by atoms with Gasteiger partial charge in [-0.2, -0.15) is 0 Å². The average molecular weight is 352 g/mol. The molecule has 26 heavy (non-hydrogen) atoms. The van der Waals surface area contributed by atoms with Crippen molar-refractivity contribution in [1.29, 1.82) is 0 Å². The average Bonchev–Trinajstić information content (AvgIpc) is 3.23. The molecule has 0 fully saturated rings. The van der Waals surface area contributed by atoms with Gasteiger partial charge < -0.3 is 14.7 Å². The monoisotopic (exact) mass is 352 g/mol. The van der Waals surface area contributed by atoms with E-state index in [-0.39, 0.29) is 6.04 Å². The zero-order valence-corrected chi connectivity index (χ0v) is 14.3. The highest BCUT2D eigenvalue weighted by Crippen LogP contribution is 2.31. The second kappa shape index (κ2) is 5.94. The molecule has 0 spiro atoms. The highest BCUT2D eigenvalue weighted by molar-refractivity contribution is 5.94. The third-order valence-corrected chi connectivity index (χ3v) is 4.93. The maximum atomic E-state index is 13.6. The van der Waals surface area contributed by atoms with Crippen LogP contribution in [0.3, 0.4) is 0 Å². The van der Waals surface area contributed by atoms with E-state index in [0.717, 1.165) is 16.5 Å². The number of rotatable bonds is 4. The summed E-state index contributed by atoms with van der Waals surface area (Å²) in [7, 11) is 0. The van der Waals surface area contributed by atoms with Crippen LogP contribution in [0.1, 0.15) is 19.9 Å². The Bertz CT molecular complexity index is 1130. The standard InChI is InChI=1S/C19H17FN4O2/c1-10(19(25)26)11(2)24-4-3-12-7-21-16(6-17(12)24)15-9-23-18-14(15)5-13(20)8-22-18/h3-11H,1-2H3,(H,22,23)(H,25,26)/t10-,11-/m1/s1. The van der Waals surface area contributed by atoms with Crippen molar-refractivity contribution in [2.24, 2.45) is 5.92 Å². The normalized spacial score (nSPS) is 14.0. The Morgan fingerprint density at radius 1 is 1.27 bits per heavy atom. The number of hydrogen-bond acceptors (Lipinski definition) is 3. The highest BCUT2D eigenvalue weighted by atomic mass is 19.1. The van der Waals surface area contributed by atoms with E-state index in [9.17, 15) is 14.3 Å². The topological polar surface area (TPSA) is 83.8 Å². The van der Waals surface area contributed by atoms with Gasteiger partial charge in [0.25, 0.3) is 0 Å². The molecule has 4 rings (SSSR count). The molecule has 0 saturated heterocycles. The molecule has 0 amide bonds. The van der Waals surface area contributed by atoms with Gasteiger partial charge in [-0.05, 0) is 32.0 Å². The van der Waals surface area contributed by atoms with E-state index in [1.165, 1.54) is 12.3 Å². The van der Waals surface area contributed by atoms with E-state index in [4.69, 9.17) is 0 Å². The zero-order chi connectivity index (χ0) is 18.4. The summed E-state index contributed by atoms with van der Waals surface area (Å²) >= 11 is 0. The predicted octanol–water partition coefficient (Wildman–Crippen LogP) is 4.00. The first-order valence-electron chi connectivity index (χ1n) is 8.28. The van der Waals surface area contributed by atoms with Crippen molar-refractivity contribution in [2.45, 2.75) is 19.9 Å². The van der Waals surface area contributed by atoms with Crippen molar-refractivity contribution >= 4 is 27.9 Å². The van der Waals surface area contributed by atoms with Gasteiger partial charge in [0.2, 0.25) is 0 Å². The van der Waals surface area contributed by atoms with E-state index in [0.29, 0.717) is 16.7 Å². The van der Waals surface area contributed by atoms with E-state index >= 15 is 0 Å². The number of fused-ring (bicyclic) bond motifs is 2. The number of pyridine rings is 2. The molecule has 0 unspecified atom stereocenters. The lowest BCUT2D eigenvalue weighted by molar-refractivity contribution is -0.142. The fraction of sp³-hybridized carbons (Fsp3) is 0.211. The summed E-state index contributed by atoms with van der Waals surface area (Å²) in [4.78, 5) is 22.9. The molecule has 4 aromatic rings. The van der Waals surface area contributed by atoms with Crippen LogP contribution in [0.5, 0.6) is 0 Å². The van der Waals surface area contributed by atoms with Gasteiger partial charge in [0.1, 0.15) is 11.5 Å². The van der Waals surface area contributed by atoms with Crippen LogP contribution < -0.4 is 0 Å². The van der Waals surface area contributed by atoms with Gasteiger partial charge in [-0.15, -0.1) is 0 Å². The Labute approximate surface area is 148 Å². The lowest BCUT2D eigenvalue weighted by Crippen LogP contribution is -2.21. The van der Waals surface area contributed by atoms with Crippen molar-refractivity contribution in [3.8, 4) is 11.3 Å². The lowest BCUT2D eigenvalue weighted by Gasteiger charge is -2.19. The summed E-state index contributed by atoms with van der Waals surface area (Å²) in [6.45, 7) is 3.57. The summed E-state index contributed by atoms with van der Waals surface area (Å²) in [6, 6.07) is 5.01. The zero-order valence-electron chi connectivity index (χ0n) is 14.3. The molecule has 0 aliphatic rings. The summed E-state index contributed by atoms with van der Waals surface area (Å²) in [5.41, 5.74) is 2.90. The molecule has 0 aliphatic carbocycles. The van der Waals surface area contributed by atoms with Crippen LogP contribution in [-0.2, 0) is 4.79 Å². The van der Waals surface area contributed by atoms with E-state index < -0.39 is 17.7 Å². The molecule has 0 bridgehead atoms. The third-order valence-electron chi connectivity index (χ3n) is 4.93. The summed E-state index contributed by atoms with van der Waals surface area (Å²) in [5.74, 6) is -1.79. The van der Waals surface area contributed by atoms with Crippen molar-refractivity contribution in [1.82, 2.24) is 19.5 Å². The van der Waals surface area contributed by atoms with Crippen LogP contribution in [0.2, 0.25) is 0 Å². The Kier molecular flexibility index (Phi) is 3.72. The maximum Gasteiger partial charge on any atom is 0.308 e. The quantitative estimate of drug-likeness (QED) is 0.581. The Hall–Kier alpha value is -3.22. The van der Waals surface area contributed by atoms with Gasteiger partial charge in [0.05, 0.1) is 23.3 Å². The van der Waals surface area contributed by atoms with E-state index in [2.05, 4.69) is 15.0 Å². The number of nitrogens with zero attached hydrogens (tertiary/aromatic N) is 3. The van der Waals surface area contributed by atoms with E-state index in [1.54, 1.807) is 19.3 Å². The largest absolute Gasteiger partial charge is 0.481 e. The molecule has 132 valence electrons. The number of H-pyrrole nitrogens is 1. The van der Waals surface area contributed by atoms with Crippen molar-refractivity contribution in [2.75, 3.05) is 0 Å². The predicted molar refractivity (Wildman–Crippen MR) is 96.3 cm³/mol. The molecule has 6 nitrogen and oxygen atoms in total. The first kappa shape index (κ1) is 16.3. The van der Waals surface area contributed by atoms with Gasteiger partial charge in [-0.3, -0.25) is 9.78 Å². The summed E-state index contributed by atoms with van der Waals surface area (Å²) < 4.78 is 15.5. The van der Waals surface area contributed by atoms with Crippen LogP contribution in [0.15, 0.2) is 43.0 Å². The number of carbonyl (C=O) groups is 1. The summed E-state index contributed by atoms with van der Waals surface area (Å²) in [6.07, 6.45) is 6.53. The number of carboxylic acid groups (broad SMARTS) is 1. The van der Waals surface area contributed by atoms with Gasteiger partial charge in [-0.1, -0.05) is 0 Å². The number of carboxylic acids is 1. The second-order valence-electron chi connectivity index (χ2n) is 6.47. The molecule has 2 N–H and O–H groups in total. The molecule has 0 aromatic carbocycles. The molecule has 7 heteroatoms. The highest BCUT2D eigenvalue weighted by Gasteiger charge is 2.22. The molecule has 4 aromatic heterocycles. The molecule has 2 atom stereocenters. The van der Waals surface area contributed by atoms with Gasteiger partial charge >= 0.3 is 5.97 Å². The van der Waals surface area contributed by atoms with Crippen LogP contribution in [0.4, 0.5) is 4.39 Å². The third kappa shape index (κ3) is 2.52. The minimum Gasteiger partial charge on any atom is -0.481 e. The van der Waals surface area contributed by atoms with Crippen LogP contribution in [-0.4, -0.2) is 30.6 Å². The number of hydrogen-bond donors (Lipinski definition) is 2. The SMILES string of the molecule is C[C@H]([C@@H](C)C(=O)O)n1ccc2cnc(-c3c[nH]c4ncc(F)cc34)cc21. The van der Waals surface area contributed by atoms with Gasteiger partial charge in [-0.25, -0.2) is 9.37 Å². The summed E-state index contributed by atoms with van der Waals surface area (Å²) in [5, 5.41) is 10.9. The number of halogens is 1. The number of aromatic amines is 1. The van der Waals surface area contributed by atoms with Crippen LogP contribution in [0.25, 0.3) is 33.2 Å². The van der Waals surface area contributed by atoms with Crippen LogP contribution >= 0.6 is 0 Å². The lowest BCUT2D eigenvalue weighted by atomic mass is 10.0. The second-order valence-corrected chi connectivity index (χ2v) is 6.47. The van der Waals surface area contributed by atoms with Crippen LogP contribution in [0, 0.1) is 11.7 Å². The first-order valence-corrected chi connectivity index (χ1v) is 8.28. The van der Waals surface area contributed by atoms with E-state index in [1.807, 2.05) is 29.8 Å². The number of aromatic nitrogens is 4. The molecular weight excluding hydrogens is 335 g/mol. The van der Waals surface area contributed by atoms with Gasteiger partial charge in [0.15, 0.2) is 0 Å². The minimum atomic E-state index is -0.841. The number of nitrogens with one attached hydrogen (secondary N) is 1. The molecular formula is C19H17FN4O2.